The van der Waals surface area contributed by atoms with Crippen LogP contribution in [0.4, 0.5) is 0 Å². The zero-order chi connectivity index (χ0) is 13.9. The summed E-state index contributed by atoms with van der Waals surface area (Å²) in [5.41, 5.74) is 3.73. The second-order valence-electron chi connectivity index (χ2n) is 6.13. The van der Waals surface area contributed by atoms with E-state index in [1.54, 1.807) is 0 Å². The summed E-state index contributed by atoms with van der Waals surface area (Å²) in [6, 6.07) is 0. The highest BCUT2D eigenvalue weighted by Crippen LogP contribution is 2.35. The number of aliphatic hydroxyl groups excluding tert-OH is 1. The summed E-state index contributed by atoms with van der Waals surface area (Å²) >= 11 is 0. The molecule has 1 saturated heterocycles. The number of aliphatic hydroxyl groups is 1. The first-order chi connectivity index (χ1) is 9.10. The van der Waals surface area contributed by atoms with Crippen LogP contribution in [0, 0.1) is 19.3 Å². The molecule has 1 aromatic rings. The van der Waals surface area contributed by atoms with Crippen LogP contribution < -0.4 is 0 Å². The van der Waals surface area contributed by atoms with Crippen molar-refractivity contribution in [2.45, 2.75) is 53.0 Å². The summed E-state index contributed by atoms with van der Waals surface area (Å²) in [4.78, 5) is 2.49. The molecule has 0 bridgehead atoms. The number of rotatable bonds is 5. The maximum absolute atomic E-state index is 9.78. The Hall–Kier alpha value is -0.870. The Morgan fingerprint density at radius 2 is 2.21 bits per heavy atom. The van der Waals surface area contributed by atoms with Crippen molar-refractivity contribution in [2.75, 3.05) is 19.7 Å². The van der Waals surface area contributed by atoms with Crippen LogP contribution in [0.25, 0.3) is 0 Å². The van der Waals surface area contributed by atoms with Gasteiger partial charge in [0.05, 0.1) is 5.69 Å². The zero-order valence-electron chi connectivity index (χ0n) is 12.5. The molecule has 1 fully saturated rings. The average Bonchev–Trinajstić information content (AvgIpc) is 2.71. The van der Waals surface area contributed by atoms with Crippen LogP contribution in [-0.4, -0.2) is 39.9 Å². The SMILES string of the molecule is CCC[C@]1(CO)CCCN(Cc2c(C)n[nH]c2C)C1. The highest BCUT2D eigenvalue weighted by molar-refractivity contribution is 5.23. The van der Waals surface area contributed by atoms with Crippen LogP contribution in [-0.2, 0) is 6.54 Å². The molecule has 0 spiro atoms. The van der Waals surface area contributed by atoms with E-state index in [1.165, 1.54) is 17.7 Å². The molecule has 0 aromatic carbocycles. The molecular weight excluding hydrogens is 238 g/mol. The molecule has 1 atom stereocenters. The highest BCUT2D eigenvalue weighted by Gasteiger charge is 2.34. The monoisotopic (exact) mass is 265 g/mol. The van der Waals surface area contributed by atoms with Gasteiger partial charge >= 0.3 is 0 Å². The summed E-state index contributed by atoms with van der Waals surface area (Å²) in [5, 5.41) is 17.1. The third-order valence-electron chi connectivity index (χ3n) is 4.52. The lowest BCUT2D eigenvalue weighted by molar-refractivity contribution is 0.0215. The Bertz CT molecular complexity index is 392. The molecule has 4 nitrogen and oxygen atoms in total. The van der Waals surface area contributed by atoms with Crippen LogP contribution in [0.1, 0.15) is 49.6 Å². The molecule has 1 aromatic heterocycles. The quantitative estimate of drug-likeness (QED) is 0.859. The van der Waals surface area contributed by atoms with Gasteiger partial charge in [-0.1, -0.05) is 13.3 Å². The van der Waals surface area contributed by atoms with E-state index in [-0.39, 0.29) is 5.41 Å². The topological polar surface area (TPSA) is 52.1 Å². The van der Waals surface area contributed by atoms with Gasteiger partial charge in [-0.15, -0.1) is 0 Å². The van der Waals surface area contributed by atoms with Crippen molar-refractivity contribution < 1.29 is 5.11 Å². The molecule has 0 radical (unpaired) electrons. The molecule has 0 aliphatic carbocycles. The van der Waals surface area contributed by atoms with E-state index in [0.29, 0.717) is 6.61 Å². The Balaban J connectivity index is 2.05. The molecule has 4 heteroatoms. The van der Waals surface area contributed by atoms with E-state index in [4.69, 9.17) is 0 Å². The Kier molecular flexibility index (Phi) is 4.63. The number of aromatic amines is 1. The van der Waals surface area contributed by atoms with Gasteiger partial charge in [-0.2, -0.15) is 5.10 Å². The number of H-pyrrole nitrogens is 1. The van der Waals surface area contributed by atoms with Crippen LogP contribution in [0.3, 0.4) is 0 Å². The van der Waals surface area contributed by atoms with Crippen molar-refractivity contribution in [3.8, 4) is 0 Å². The second-order valence-corrected chi connectivity index (χ2v) is 6.13. The van der Waals surface area contributed by atoms with Gasteiger partial charge in [0.25, 0.3) is 0 Å². The molecule has 19 heavy (non-hydrogen) atoms. The van der Waals surface area contributed by atoms with Crippen LogP contribution in [0.5, 0.6) is 0 Å². The van der Waals surface area contributed by atoms with Crippen LogP contribution >= 0.6 is 0 Å². The first-order valence-electron chi connectivity index (χ1n) is 7.44. The van der Waals surface area contributed by atoms with E-state index in [9.17, 15) is 5.11 Å². The summed E-state index contributed by atoms with van der Waals surface area (Å²) in [5.74, 6) is 0. The maximum atomic E-state index is 9.78. The first kappa shape index (κ1) is 14.5. The minimum atomic E-state index is 0.124. The van der Waals surface area contributed by atoms with Crippen molar-refractivity contribution in [1.82, 2.24) is 15.1 Å². The standard InChI is InChI=1S/C15H27N3O/c1-4-6-15(11-19)7-5-8-18(10-15)9-14-12(2)16-17-13(14)3/h19H,4-11H2,1-3H3,(H,16,17)/t15-/m0/s1. The van der Waals surface area contributed by atoms with E-state index in [2.05, 4.69) is 35.9 Å². The number of piperidine rings is 1. The average molecular weight is 265 g/mol. The van der Waals surface area contributed by atoms with Crippen molar-refractivity contribution in [1.29, 1.82) is 0 Å². The first-order valence-corrected chi connectivity index (χ1v) is 7.44. The Labute approximate surface area is 116 Å². The Morgan fingerprint density at radius 1 is 1.42 bits per heavy atom. The molecular formula is C15H27N3O. The number of aryl methyl sites for hydroxylation is 2. The zero-order valence-corrected chi connectivity index (χ0v) is 12.5. The van der Waals surface area contributed by atoms with Crippen LogP contribution in [0.2, 0.25) is 0 Å². The lowest BCUT2D eigenvalue weighted by atomic mass is 9.77. The molecule has 0 saturated carbocycles. The fourth-order valence-electron chi connectivity index (χ4n) is 3.42. The van der Waals surface area contributed by atoms with E-state index in [1.807, 2.05) is 0 Å². The van der Waals surface area contributed by atoms with E-state index in [0.717, 1.165) is 44.6 Å². The number of hydrogen-bond donors (Lipinski definition) is 2. The fraction of sp³-hybridized carbons (Fsp3) is 0.800. The molecule has 108 valence electrons. The van der Waals surface area contributed by atoms with Crippen molar-refractivity contribution in [3.63, 3.8) is 0 Å². The van der Waals surface area contributed by atoms with E-state index < -0.39 is 0 Å². The minimum Gasteiger partial charge on any atom is -0.396 e. The summed E-state index contributed by atoms with van der Waals surface area (Å²) in [6.45, 7) is 9.79. The normalized spacial score (nSPS) is 24.8. The summed E-state index contributed by atoms with van der Waals surface area (Å²) in [7, 11) is 0. The second kappa shape index (κ2) is 6.06. The molecule has 2 heterocycles. The lowest BCUT2D eigenvalue weighted by Crippen LogP contribution is -2.45. The number of nitrogens with zero attached hydrogens (tertiary/aromatic N) is 2. The predicted octanol–water partition coefficient (Wildman–Crippen LogP) is 2.40. The highest BCUT2D eigenvalue weighted by atomic mass is 16.3. The van der Waals surface area contributed by atoms with Crippen molar-refractivity contribution >= 4 is 0 Å². The largest absolute Gasteiger partial charge is 0.396 e. The summed E-state index contributed by atoms with van der Waals surface area (Å²) < 4.78 is 0. The van der Waals surface area contributed by atoms with Crippen molar-refractivity contribution in [2.24, 2.45) is 5.41 Å². The number of likely N-dealkylation sites (tertiary alicyclic amines) is 1. The maximum Gasteiger partial charge on any atom is 0.0639 e. The van der Waals surface area contributed by atoms with Crippen LogP contribution in [0.15, 0.2) is 0 Å². The Morgan fingerprint density at radius 3 is 2.79 bits per heavy atom. The molecule has 0 unspecified atom stereocenters. The molecule has 1 aliphatic rings. The van der Waals surface area contributed by atoms with Crippen molar-refractivity contribution in [3.05, 3.63) is 17.0 Å². The van der Waals surface area contributed by atoms with Gasteiger partial charge < -0.3 is 5.11 Å². The van der Waals surface area contributed by atoms with Gasteiger partial charge in [0.15, 0.2) is 0 Å². The van der Waals surface area contributed by atoms with Gasteiger partial charge in [-0.3, -0.25) is 10.00 Å². The van der Waals surface area contributed by atoms with Gasteiger partial charge in [0, 0.05) is 36.4 Å². The third kappa shape index (κ3) is 3.18. The third-order valence-corrected chi connectivity index (χ3v) is 4.52. The van der Waals surface area contributed by atoms with Gasteiger partial charge in [-0.25, -0.2) is 0 Å². The van der Waals surface area contributed by atoms with Gasteiger partial charge in [-0.05, 0) is 39.7 Å². The predicted molar refractivity (Wildman–Crippen MR) is 77.0 cm³/mol. The van der Waals surface area contributed by atoms with Gasteiger partial charge in [0.1, 0.15) is 0 Å². The number of hydrogen-bond acceptors (Lipinski definition) is 3. The minimum absolute atomic E-state index is 0.124. The number of nitrogens with one attached hydrogen (secondary N) is 1. The number of aromatic nitrogens is 2. The summed E-state index contributed by atoms with van der Waals surface area (Å²) in [6.07, 6.45) is 4.63. The lowest BCUT2D eigenvalue weighted by Gasteiger charge is -2.42. The van der Waals surface area contributed by atoms with E-state index >= 15 is 0 Å². The molecule has 2 N–H and O–H groups in total. The molecule has 1 aliphatic heterocycles. The molecule has 2 rings (SSSR count). The smallest absolute Gasteiger partial charge is 0.0639 e. The molecule has 0 amide bonds. The van der Waals surface area contributed by atoms with Gasteiger partial charge in [0.2, 0.25) is 0 Å². The fourth-order valence-corrected chi connectivity index (χ4v) is 3.42.